The molecule has 7 nitrogen and oxygen atoms in total. The third-order valence-electron chi connectivity index (χ3n) is 4.97. The second-order valence-corrected chi connectivity index (χ2v) is 8.11. The number of benzene rings is 2. The molecule has 176 valence electrons. The Bertz CT molecular complexity index is 1150. The van der Waals surface area contributed by atoms with Gasteiger partial charge in [-0.1, -0.05) is 0 Å². The van der Waals surface area contributed by atoms with E-state index in [2.05, 4.69) is 10.2 Å². The van der Waals surface area contributed by atoms with Gasteiger partial charge in [0.1, 0.15) is 23.3 Å². The fourth-order valence-electron chi connectivity index (χ4n) is 3.05. The van der Waals surface area contributed by atoms with Crippen LogP contribution in [0.25, 0.3) is 5.69 Å². The van der Waals surface area contributed by atoms with Crippen molar-refractivity contribution in [3.63, 3.8) is 0 Å². The molecule has 33 heavy (non-hydrogen) atoms. The van der Waals surface area contributed by atoms with E-state index in [9.17, 15) is 23.1 Å². The van der Waals surface area contributed by atoms with Gasteiger partial charge in [-0.05, 0) is 82.6 Å². The highest BCUT2D eigenvalue weighted by atomic mass is 19.4. The average molecular weight is 463 g/mol. The van der Waals surface area contributed by atoms with E-state index >= 15 is 0 Å². The van der Waals surface area contributed by atoms with Gasteiger partial charge in [-0.25, -0.2) is 4.79 Å². The lowest BCUT2D eigenvalue weighted by molar-refractivity contribution is -0.152. The van der Waals surface area contributed by atoms with Crippen LogP contribution < -0.4 is 9.47 Å². The fraction of sp³-hybridized carbons (Fsp3) is 0.348. The van der Waals surface area contributed by atoms with Crippen LogP contribution in [0, 0.1) is 13.8 Å². The molecule has 0 aliphatic carbocycles. The smallest absolute Gasteiger partial charge is 0.416 e. The van der Waals surface area contributed by atoms with Gasteiger partial charge in [-0.15, -0.1) is 5.10 Å². The van der Waals surface area contributed by atoms with Crippen LogP contribution in [0.4, 0.5) is 13.2 Å². The summed E-state index contributed by atoms with van der Waals surface area (Å²) in [4.78, 5) is 12.6. The van der Waals surface area contributed by atoms with Crippen molar-refractivity contribution in [2.75, 3.05) is 0 Å². The number of rotatable bonds is 7. The van der Waals surface area contributed by atoms with Crippen LogP contribution >= 0.6 is 0 Å². The molecule has 1 atom stereocenters. The molecule has 0 spiro atoms. The quantitative estimate of drug-likeness (QED) is 0.513. The van der Waals surface area contributed by atoms with E-state index in [1.165, 1.54) is 30.8 Å². The lowest BCUT2D eigenvalue weighted by atomic mass is 10.1. The number of carboxylic acids is 1. The number of alkyl halides is 3. The minimum atomic E-state index is -4.42. The standard InChI is InChI=1S/C23H24F3N3O4/c1-13-12-18(10-11-19(13)33-22(4,5)21(30)31)32-15(3)20-14(2)27-29(28-20)17-8-6-16(7-9-17)23(24,25)26/h6-12,15H,1-5H3,(H,30,31). The first-order chi connectivity index (χ1) is 15.3. The summed E-state index contributed by atoms with van der Waals surface area (Å²) in [6.45, 7) is 8.21. The Hall–Kier alpha value is -3.56. The zero-order valence-corrected chi connectivity index (χ0v) is 18.8. The number of aliphatic carboxylic acids is 1. The molecule has 1 heterocycles. The molecule has 0 aliphatic rings. The van der Waals surface area contributed by atoms with Gasteiger partial charge < -0.3 is 14.6 Å². The lowest BCUT2D eigenvalue weighted by Crippen LogP contribution is -2.38. The normalized spacial score (nSPS) is 13.0. The van der Waals surface area contributed by atoms with E-state index < -0.39 is 29.4 Å². The number of carboxylic acid groups (broad SMARTS) is 1. The molecular formula is C23H24F3N3O4. The van der Waals surface area contributed by atoms with Crippen molar-refractivity contribution in [3.05, 3.63) is 65.0 Å². The largest absolute Gasteiger partial charge is 0.484 e. The number of aromatic nitrogens is 3. The number of ether oxygens (including phenoxy) is 2. The highest BCUT2D eigenvalue weighted by molar-refractivity contribution is 5.76. The number of hydrogen-bond acceptors (Lipinski definition) is 5. The van der Waals surface area contributed by atoms with Crippen LogP contribution in [-0.2, 0) is 11.0 Å². The molecule has 1 aromatic heterocycles. The van der Waals surface area contributed by atoms with Gasteiger partial charge in [-0.3, -0.25) is 0 Å². The summed E-state index contributed by atoms with van der Waals surface area (Å²) >= 11 is 0. The number of hydrogen-bond donors (Lipinski definition) is 1. The summed E-state index contributed by atoms with van der Waals surface area (Å²) in [7, 11) is 0. The number of halogens is 3. The van der Waals surface area contributed by atoms with E-state index in [1.54, 1.807) is 39.0 Å². The zero-order chi connectivity index (χ0) is 24.6. The molecule has 10 heteroatoms. The summed E-state index contributed by atoms with van der Waals surface area (Å²) in [5, 5.41) is 17.9. The maximum atomic E-state index is 12.8. The minimum Gasteiger partial charge on any atom is -0.484 e. The molecule has 0 bridgehead atoms. The molecule has 0 fully saturated rings. The first-order valence-corrected chi connectivity index (χ1v) is 10.1. The van der Waals surface area contributed by atoms with Crippen LogP contribution in [0.3, 0.4) is 0 Å². The van der Waals surface area contributed by atoms with E-state index in [4.69, 9.17) is 9.47 Å². The van der Waals surface area contributed by atoms with Crippen molar-refractivity contribution >= 4 is 5.97 Å². The monoisotopic (exact) mass is 463 g/mol. The Morgan fingerprint density at radius 1 is 1.06 bits per heavy atom. The van der Waals surface area contributed by atoms with Gasteiger partial charge in [0.25, 0.3) is 0 Å². The minimum absolute atomic E-state index is 0.392. The summed E-state index contributed by atoms with van der Waals surface area (Å²) < 4.78 is 49.9. The maximum absolute atomic E-state index is 12.8. The Morgan fingerprint density at radius 2 is 1.70 bits per heavy atom. The predicted molar refractivity (Wildman–Crippen MR) is 114 cm³/mol. The van der Waals surface area contributed by atoms with Crippen molar-refractivity contribution < 1.29 is 32.5 Å². The Kier molecular flexibility index (Phi) is 6.40. The molecule has 1 unspecified atom stereocenters. The van der Waals surface area contributed by atoms with Gasteiger partial charge >= 0.3 is 12.1 Å². The maximum Gasteiger partial charge on any atom is 0.416 e. The third kappa shape index (κ3) is 5.44. The second kappa shape index (κ2) is 8.76. The van der Waals surface area contributed by atoms with Crippen molar-refractivity contribution in [2.24, 2.45) is 0 Å². The SMILES string of the molecule is Cc1cc(OC(C)c2nn(-c3ccc(C(F)(F)F)cc3)nc2C)ccc1OC(C)(C)C(=O)O. The number of nitrogens with zero attached hydrogens (tertiary/aromatic N) is 3. The number of aryl methyl sites for hydroxylation is 2. The molecule has 0 saturated carbocycles. The van der Waals surface area contributed by atoms with E-state index in [-0.39, 0.29) is 0 Å². The summed E-state index contributed by atoms with van der Waals surface area (Å²) in [5.41, 5.74) is 0.0554. The molecule has 0 saturated heterocycles. The topological polar surface area (TPSA) is 86.5 Å². The Labute approximate surface area is 188 Å². The lowest BCUT2D eigenvalue weighted by Gasteiger charge is -2.23. The average Bonchev–Trinajstić information content (AvgIpc) is 3.11. The molecule has 3 aromatic rings. The van der Waals surface area contributed by atoms with Crippen LogP contribution in [0.2, 0.25) is 0 Å². The summed E-state index contributed by atoms with van der Waals surface area (Å²) in [5.74, 6) is -0.141. The third-order valence-corrected chi connectivity index (χ3v) is 4.97. The molecule has 3 rings (SSSR count). The number of carbonyl (C=O) groups is 1. The van der Waals surface area contributed by atoms with Gasteiger partial charge in [0, 0.05) is 0 Å². The van der Waals surface area contributed by atoms with Crippen LogP contribution in [0.15, 0.2) is 42.5 Å². The Balaban J connectivity index is 1.76. The predicted octanol–water partition coefficient (Wildman–Crippen LogP) is 5.28. The summed E-state index contributed by atoms with van der Waals surface area (Å²) in [6, 6.07) is 9.58. The van der Waals surface area contributed by atoms with Gasteiger partial charge in [0.05, 0.1) is 16.9 Å². The van der Waals surface area contributed by atoms with Crippen LogP contribution in [0.5, 0.6) is 11.5 Å². The highest BCUT2D eigenvalue weighted by Gasteiger charge is 2.31. The molecule has 2 aromatic carbocycles. The van der Waals surface area contributed by atoms with Gasteiger partial charge in [0.15, 0.2) is 5.60 Å². The van der Waals surface area contributed by atoms with Crippen molar-refractivity contribution in [1.29, 1.82) is 0 Å². The van der Waals surface area contributed by atoms with Crippen molar-refractivity contribution in [3.8, 4) is 17.2 Å². The van der Waals surface area contributed by atoms with Crippen LogP contribution in [-0.4, -0.2) is 31.7 Å². The van der Waals surface area contributed by atoms with E-state index in [0.29, 0.717) is 34.1 Å². The van der Waals surface area contributed by atoms with Crippen molar-refractivity contribution in [2.45, 2.75) is 52.5 Å². The summed E-state index contributed by atoms with van der Waals surface area (Å²) in [6.07, 6.45) is -4.92. The first-order valence-electron chi connectivity index (χ1n) is 10.1. The fourth-order valence-corrected chi connectivity index (χ4v) is 3.05. The second-order valence-electron chi connectivity index (χ2n) is 8.11. The van der Waals surface area contributed by atoms with Gasteiger partial charge in [0.2, 0.25) is 0 Å². The molecular weight excluding hydrogens is 439 g/mol. The van der Waals surface area contributed by atoms with E-state index in [1.807, 2.05) is 0 Å². The zero-order valence-electron chi connectivity index (χ0n) is 18.8. The molecule has 0 radical (unpaired) electrons. The molecule has 1 N–H and O–H groups in total. The Morgan fingerprint density at radius 3 is 2.24 bits per heavy atom. The van der Waals surface area contributed by atoms with Crippen molar-refractivity contribution in [1.82, 2.24) is 15.0 Å². The van der Waals surface area contributed by atoms with E-state index in [0.717, 1.165) is 12.1 Å². The first kappa shape index (κ1) is 24.1. The van der Waals surface area contributed by atoms with Gasteiger partial charge in [-0.2, -0.15) is 23.1 Å². The molecule has 0 aliphatic heterocycles. The van der Waals surface area contributed by atoms with Crippen LogP contribution in [0.1, 0.15) is 49.4 Å². The highest BCUT2D eigenvalue weighted by Crippen LogP contribution is 2.31. The molecule has 0 amide bonds.